The molecule has 0 fully saturated rings. The number of carbonyl (C=O) groups excluding carboxylic acids is 1. The number of thiazole rings is 1. The Morgan fingerprint density at radius 1 is 1.15 bits per heavy atom. The Kier molecular flexibility index (Phi) is 4.71. The molecule has 1 N–H and O–H groups in total. The van der Waals surface area contributed by atoms with Gasteiger partial charge in [-0.3, -0.25) is 0 Å². The highest BCUT2D eigenvalue weighted by Gasteiger charge is 2.21. The quantitative estimate of drug-likeness (QED) is 0.631. The summed E-state index contributed by atoms with van der Waals surface area (Å²) in [4.78, 5) is 17.6. The number of hydrogen-bond donors (Lipinski definition) is 1. The number of ether oxygens (including phenoxy) is 1. The highest BCUT2D eigenvalue weighted by molar-refractivity contribution is 7.18. The molecule has 0 amide bonds. The summed E-state index contributed by atoms with van der Waals surface area (Å²) >= 11 is 1.33. The summed E-state index contributed by atoms with van der Waals surface area (Å²) in [5.74, 6) is -0.328. The summed E-state index contributed by atoms with van der Waals surface area (Å²) in [7, 11) is 0. The van der Waals surface area contributed by atoms with Crippen LogP contribution in [0.1, 0.15) is 34.1 Å². The van der Waals surface area contributed by atoms with Crippen molar-refractivity contribution in [2.75, 3.05) is 11.9 Å². The smallest absolute Gasteiger partial charge is 0.350 e. The van der Waals surface area contributed by atoms with Crippen molar-refractivity contribution in [2.45, 2.75) is 26.2 Å². The van der Waals surface area contributed by atoms with Crippen LogP contribution >= 0.6 is 11.3 Å². The van der Waals surface area contributed by atoms with E-state index >= 15 is 0 Å². The average Bonchev–Trinajstić information content (AvgIpc) is 3.29. The van der Waals surface area contributed by atoms with Crippen LogP contribution in [0.15, 0.2) is 48.5 Å². The van der Waals surface area contributed by atoms with Gasteiger partial charge >= 0.3 is 5.97 Å². The second-order valence-electron chi connectivity index (χ2n) is 6.25. The Hall–Kier alpha value is -2.66. The molecule has 132 valence electrons. The summed E-state index contributed by atoms with van der Waals surface area (Å²) in [6.07, 6.45) is 3.52. The van der Waals surface area contributed by atoms with Gasteiger partial charge < -0.3 is 10.1 Å². The molecule has 4 nitrogen and oxygen atoms in total. The summed E-state index contributed by atoms with van der Waals surface area (Å²) in [5.41, 5.74) is 5.42. The van der Waals surface area contributed by atoms with E-state index in [1.54, 1.807) is 0 Å². The zero-order valence-corrected chi connectivity index (χ0v) is 15.4. The van der Waals surface area contributed by atoms with Gasteiger partial charge in [-0.05, 0) is 49.4 Å². The van der Waals surface area contributed by atoms with Crippen molar-refractivity contribution in [2.24, 2.45) is 0 Å². The van der Waals surface area contributed by atoms with E-state index in [-0.39, 0.29) is 5.97 Å². The predicted molar refractivity (Wildman–Crippen MR) is 105 cm³/mol. The maximum Gasteiger partial charge on any atom is 0.350 e. The lowest BCUT2D eigenvalue weighted by Gasteiger charge is -2.05. The lowest BCUT2D eigenvalue weighted by atomic mass is 10.1. The number of benzene rings is 2. The molecule has 0 radical (unpaired) electrons. The minimum Gasteiger partial charge on any atom is -0.462 e. The Bertz CT molecular complexity index is 934. The van der Waals surface area contributed by atoms with Crippen molar-refractivity contribution in [1.29, 1.82) is 0 Å². The van der Waals surface area contributed by atoms with Crippen LogP contribution in [0.25, 0.3) is 11.3 Å². The van der Waals surface area contributed by atoms with Crippen LogP contribution in [0.2, 0.25) is 0 Å². The van der Waals surface area contributed by atoms with Gasteiger partial charge in [0.1, 0.15) is 4.88 Å². The fourth-order valence-corrected chi connectivity index (χ4v) is 4.17. The first-order valence-electron chi connectivity index (χ1n) is 8.87. The molecule has 0 unspecified atom stereocenters. The van der Waals surface area contributed by atoms with Crippen molar-refractivity contribution in [1.82, 2.24) is 4.98 Å². The minimum atomic E-state index is -0.328. The van der Waals surface area contributed by atoms with E-state index in [0.29, 0.717) is 22.3 Å². The van der Waals surface area contributed by atoms with Crippen LogP contribution in [-0.2, 0) is 17.6 Å². The standard InChI is InChI=1S/C21H20N2O2S/c1-2-25-20(24)19-18(15-7-4-3-5-8-15)23-21(26-19)22-17-12-11-14-9-6-10-16(14)13-17/h3-5,7-8,11-13H,2,6,9-10H2,1H3,(H,22,23). The fourth-order valence-electron chi connectivity index (χ4n) is 3.27. The summed E-state index contributed by atoms with van der Waals surface area (Å²) in [5, 5.41) is 4.06. The minimum absolute atomic E-state index is 0.328. The van der Waals surface area contributed by atoms with Gasteiger partial charge in [-0.2, -0.15) is 0 Å². The van der Waals surface area contributed by atoms with E-state index in [4.69, 9.17) is 4.74 Å². The van der Waals surface area contributed by atoms with E-state index in [2.05, 4.69) is 28.5 Å². The van der Waals surface area contributed by atoms with Gasteiger partial charge in [0.05, 0.1) is 12.3 Å². The number of aryl methyl sites for hydroxylation is 2. The molecular formula is C21H20N2O2S. The highest BCUT2D eigenvalue weighted by atomic mass is 32.1. The van der Waals surface area contributed by atoms with Crippen LogP contribution in [-0.4, -0.2) is 17.6 Å². The van der Waals surface area contributed by atoms with Gasteiger partial charge in [0.15, 0.2) is 5.13 Å². The van der Waals surface area contributed by atoms with E-state index in [1.807, 2.05) is 37.3 Å². The van der Waals surface area contributed by atoms with Crippen molar-refractivity contribution >= 4 is 28.1 Å². The second kappa shape index (κ2) is 7.30. The van der Waals surface area contributed by atoms with Crippen LogP contribution in [0, 0.1) is 0 Å². The van der Waals surface area contributed by atoms with Gasteiger partial charge in [0.25, 0.3) is 0 Å². The Labute approximate surface area is 156 Å². The van der Waals surface area contributed by atoms with Gasteiger partial charge in [-0.25, -0.2) is 9.78 Å². The predicted octanol–water partition coefficient (Wildman–Crippen LogP) is 5.22. The highest BCUT2D eigenvalue weighted by Crippen LogP contribution is 2.34. The first kappa shape index (κ1) is 16.8. The Morgan fingerprint density at radius 3 is 2.77 bits per heavy atom. The largest absolute Gasteiger partial charge is 0.462 e. The molecule has 0 spiro atoms. The molecule has 5 heteroatoms. The molecular weight excluding hydrogens is 344 g/mol. The maximum atomic E-state index is 12.4. The summed E-state index contributed by atoms with van der Waals surface area (Å²) in [6, 6.07) is 16.2. The Balaban J connectivity index is 1.67. The number of nitrogens with zero attached hydrogens (tertiary/aromatic N) is 1. The lowest BCUT2D eigenvalue weighted by molar-refractivity contribution is 0.0532. The average molecular weight is 364 g/mol. The third-order valence-corrected chi connectivity index (χ3v) is 5.44. The molecule has 26 heavy (non-hydrogen) atoms. The summed E-state index contributed by atoms with van der Waals surface area (Å²) < 4.78 is 5.22. The van der Waals surface area contributed by atoms with Gasteiger partial charge in [-0.15, -0.1) is 0 Å². The van der Waals surface area contributed by atoms with Crippen LogP contribution in [0.3, 0.4) is 0 Å². The maximum absolute atomic E-state index is 12.4. The number of anilines is 2. The number of carbonyl (C=O) groups is 1. The van der Waals surface area contributed by atoms with Crippen molar-refractivity contribution < 1.29 is 9.53 Å². The Morgan fingerprint density at radius 2 is 1.96 bits per heavy atom. The number of nitrogens with one attached hydrogen (secondary N) is 1. The molecule has 1 aromatic heterocycles. The lowest BCUT2D eigenvalue weighted by Crippen LogP contribution is -2.03. The fraction of sp³-hybridized carbons (Fsp3) is 0.238. The van der Waals surface area contributed by atoms with Crippen molar-refractivity contribution in [3.8, 4) is 11.3 Å². The zero-order valence-electron chi connectivity index (χ0n) is 14.6. The molecule has 0 saturated carbocycles. The van der Waals surface area contributed by atoms with Gasteiger partial charge in [0, 0.05) is 11.3 Å². The van der Waals surface area contributed by atoms with Gasteiger partial charge in [-0.1, -0.05) is 47.7 Å². The number of esters is 1. The molecule has 0 aliphatic heterocycles. The summed E-state index contributed by atoms with van der Waals surface area (Å²) in [6.45, 7) is 2.16. The third-order valence-electron chi connectivity index (χ3n) is 4.48. The number of rotatable bonds is 5. The van der Waals surface area contributed by atoms with E-state index in [1.165, 1.54) is 28.9 Å². The van der Waals surface area contributed by atoms with Gasteiger partial charge in [0.2, 0.25) is 0 Å². The number of fused-ring (bicyclic) bond motifs is 1. The molecule has 3 aromatic rings. The van der Waals surface area contributed by atoms with E-state index < -0.39 is 0 Å². The second-order valence-corrected chi connectivity index (χ2v) is 7.24. The molecule has 4 rings (SSSR count). The first-order chi connectivity index (χ1) is 12.7. The molecule has 0 atom stereocenters. The monoisotopic (exact) mass is 364 g/mol. The SMILES string of the molecule is CCOC(=O)c1sc(Nc2ccc3c(c2)CCC3)nc1-c1ccccc1. The number of hydrogen-bond acceptors (Lipinski definition) is 5. The van der Waals surface area contributed by atoms with Crippen LogP contribution < -0.4 is 5.32 Å². The van der Waals surface area contributed by atoms with Crippen molar-refractivity contribution in [3.63, 3.8) is 0 Å². The third kappa shape index (κ3) is 3.35. The first-order valence-corrected chi connectivity index (χ1v) is 9.68. The topological polar surface area (TPSA) is 51.2 Å². The van der Waals surface area contributed by atoms with E-state index in [9.17, 15) is 4.79 Å². The molecule has 2 aromatic carbocycles. The molecule has 1 aliphatic rings. The molecule has 1 aliphatic carbocycles. The zero-order chi connectivity index (χ0) is 17.9. The van der Waals surface area contributed by atoms with Crippen LogP contribution in [0.5, 0.6) is 0 Å². The van der Waals surface area contributed by atoms with Crippen LogP contribution in [0.4, 0.5) is 10.8 Å². The molecule has 1 heterocycles. The number of aromatic nitrogens is 1. The van der Waals surface area contributed by atoms with E-state index in [0.717, 1.165) is 24.1 Å². The van der Waals surface area contributed by atoms with Crippen molar-refractivity contribution in [3.05, 3.63) is 64.5 Å². The molecule has 0 saturated heterocycles. The molecule has 0 bridgehead atoms. The normalized spacial score (nSPS) is 12.7.